The van der Waals surface area contributed by atoms with Crippen LogP contribution in [0.15, 0.2) is 18.2 Å². The van der Waals surface area contributed by atoms with Crippen molar-refractivity contribution in [3.8, 4) is 0 Å². The lowest BCUT2D eigenvalue weighted by molar-refractivity contribution is -0.113. The number of benzene rings is 1. The third kappa shape index (κ3) is 4.30. The zero-order chi connectivity index (χ0) is 14.0. The predicted octanol–water partition coefficient (Wildman–Crippen LogP) is 4.17. The maximum atomic E-state index is 11.8. The highest BCUT2D eigenvalue weighted by atomic mass is 35.5. The number of carbonyl (C=O) groups is 1. The minimum absolute atomic E-state index is 0.0223. The lowest BCUT2D eigenvalue weighted by Gasteiger charge is -2.09. The summed E-state index contributed by atoms with van der Waals surface area (Å²) in [6.45, 7) is 4.00. The summed E-state index contributed by atoms with van der Waals surface area (Å²) in [7, 11) is 0. The number of thioether (sulfide) groups is 1. The fourth-order valence-electron chi connectivity index (χ4n) is 1.80. The van der Waals surface area contributed by atoms with Gasteiger partial charge in [-0.2, -0.15) is 11.8 Å². The molecule has 1 aromatic carbocycles. The van der Waals surface area contributed by atoms with Crippen LogP contribution in [0.1, 0.15) is 17.5 Å². The Morgan fingerprint density at radius 1 is 1.47 bits per heavy atom. The monoisotopic (exact) mass is 317 g/mol. The molecule has 0 spiro atoms. The van der Waals surface area contributed by atoms with Gasteiger partial charge in [-0.25, -0.2) is 0 Å². The van der Waals surface area contributed by atoms with Gasteiger partial charge in [0.15, 0.2) is 0 Å². The van der Waals surface area contributed by atoms with Crippen LogP contribution in [0, 0.1) is 19.8 Å². The molecule has 1 aliphatic carbocycles. The van der Waals surface area contributed by atoms with Gasteiger partial charge in [-0.3, -0.25) is 4.79 Å². The predicted molar refractivity (Wildman–Crippen MR) is 84.4 cm³/mol. The molecule has 0 aromatic heterocycles. The average molecular weight is 318 g/mol. The van der Waals surface area contributed by atoms with Crippen molar-refractivity contribution >= 4 is 46.6 Å². The maximum absolute atomic E-state index is 11.8. The van der Waals surface area contributed by atoms with E-state index in [2.05, 4.69) is 5.32 Å². The van der Waals surface area contributed by atoms with Crippen molar-refractivity contribution in [2.45, 2.75) is 24.6 Å². The molecule has 0 radical (unpaired) electrons. The first-order chi connectivity index (χ1) is 8.88. The lowest BCUT2D eigenvalue weighted by atomic mass is 10.1. The minimum Gasteiger partial charge on any atom is -0.325 e. The van der Waals surface area contributed by atoms with Crippen LogP contribution in [0.25, 0.3) is 0 Å². The van der Waals surface area contributed by atoms with Crippen molar-refractivity contribution in [1.29, 1.82) is 0 Å². The van der Waals surface area contributed by atoms with Crippen LogP contribution in [0.3, 0.4) is 0 Å². The number of rotatable bonds is 5. The zero-order valence-electron chi connectivity index (χ0n) is 11.0. The molecule has 0 bridgehead atoms. The number of nitrogens with one attached hydrogen (secondary N) is 1. The van der Waals surface area contributed by atoms with E-state index in [0.29, 0.717) is 11.7 Å². The molecule has 0 saturated heterocycles. The van der Waals surface area contributed by atoms with Crippen molar-refractivity contribution in [3.63, 3.8) is 0 Å². The Hall–Kier alpha value is -0.380. The second-order valence-electron chi connectivity index (χ2n) is 5.04. The Morgan fingerprint density at radius 2 is 2.16 bits per heavy atom. The number of alkyl halides is 2. The molecule has 104 valence electrons. The number of amides is 1. The van der Waals surface area contributed by atoms with E-state index in [1.165, 1.54) is 0 Å². The molecule has 1 aromatic rings. The van der Waals surface area contributed by atoms with Gasteiger partial charge in [0.25, 0.3) is 0 Å². The first-order valence-electron chi connectivity index (χ1n) is 6.21. The van der Waals surface area contributed by atoms with Gasteiger partial charge in [-0.1, -0.05) is 12.1 Å². The molecule has 1 amide bonds. The quantitative estimate of drug-likeness (QED) is 0.826. The van der Waals surface area contributed by atoms with Gasteiger partial charge in [0.05, 0.1) is 5.75 Å². The van der Waals surface area contributed by atoms with Gasteiger partial charge < -0.3 is 5.32 Å². The molecule has 1 unspecified atom stereocenters. The zero-order valence-corrected chi connectivity index (χ0v) is 13.3. The Bertz CT molecular complexity index is 490. The second kappa shape index (κ2) is 5.94. The summed E-state index contributed by atoms with van der Waals surface area (Å²) in [5, 5.41) is 2.94. The third-order valence-corrected chi connectivity index (χ3v) is 5.21. The molecule has 5 heteroatoms. The fourth-order valence-corrected chi connectivity index (χ4v) is 3.57. The normalized spacial score (nSPS) is 20.1. The molecular formula is C14H17Cl2NOS. The molecule has 0 aliphatic heterocycles. The van der Waals surface area contributed by atoms with Crippen molar-refractivity contribution in [1.82, 2.24) is 0 Å². The lowest BCUT2D eigenvalue weighted by Crippen LogP contribution is -2.15. The Kier molecular flexibility index (Phi) is 4.70. The van der Waals surface area contributed by atoms with Crippen LogP contribution in [0.4, 0.5) is 5.69 Å². The smallest absolute Gasteiger partial charge is 0.234 e. The molecule has 1 N–H and O–H groups in total. The van der Waals surface area contributed by atoms with E-state index >= 15 is 0 Å². The molecule has 1 saturated carbocycles. The van der Waals surface area contributed by atoms with Gasteiger partial charge in [-0.15, -0.1) is 23.2 Å². The summed E-state index contributed by atoms with van der Waals surface area (Å²) in [4.78, 5) is 11.8. The number of hydrogen-bond donors (Lipinski definition) is 1. The highest BCUT2D eigenvalue weighted by Gasteiger charge is 2.51. The summed E-state index contributed by atoms with van der Waals surface area (Å²) in [5.74, 6) is 1.63. The largest absolute Gasteiger partial charge is 0.325 e. The number of aryl methyl sites for hydroxylation is 2. The first-order valence-corrected chi connectivity index (χ1v) is 8.12. The van der Waals surface area contributed by atoms with E-state index in [1.54, 1.807) is 11.8 Å². The van der Waals surface area contributed by atoms with E-state index in [-0.39, 0.29) is 5.91 Å². The van der Waals surface area contributed by atoms with Crippen molar-refractivity contribution in [2.75, 3.05) is 16.8 Å². The van der Waals surface area contributed by atoms with Gasteiger partial charge in [0.2, 0.25) is 5.91 Å². The van der Waals surface area contributed by atoms with Crippen LogP contribution >= 0.6 is 35.0 Å². The number of hydrogen-bond acceptors (Lipinski definition) is 2. The van der Waals surface area contributed by atoms with Gasteiger partial charge >= 0.3 is 0 Å². The molecule has 1 aliphatic rings. The van der Waals surface area contributed by atoms with E-state index in [0.717, 1.165) is 29.0 Å². The molecule has 1 fully saturated rings. The average Bonchev–Trinajstić information content (AvgIpc) is 2.92. The van der Waals surface area contributed by atoms with Crippen molar-refractivity contribution < 1.29 is 4.79 Å². The van der Waals surface area contributed by atoms with Crippen molar-refractivity contribution in [2.24, 2.45) is 5.92 Å². The Morgan fingerprint density at radius 3 is 2.79 bits per heavy atom. The van der Waals surface area contributed by atoms with Crippen LogP contribution < -0.4 is 5.32 Å². The van der Waals surface area contributed by atoms with Gasteiger partial charge in [0, 0.05) is 11.6 Å². The highest BCUT2D eigenvalue weighted by Crippen LogP contribution is 2.54. The molecule has 2 nitrogen and oxygen atoms in total. The summed E-state index contributed by atoms with van der Waals surface area (Å²) >= 11 is 13.5. The number of halogens is 2. The van der Waals surface area contributed by atoms with Crippen LogP contribution in [0.5, 0.6) is 0 Å². The molecular weight excluding hydrogens is 301 g/mol. The van der Waals surface area contributed by atoms with E-state index in [1.807, 2.05) is 32.0 Å². The minimum atomic E-state index is -0.545. The van der Waals surface area contributed by atoms with E-state index < -0.39 is 4.33 Å². The Balaban J connectivity index is 1.76. The van der Waals surface area contributed by atoms with Gasteiger partial charge in [0.1, 0.15) is 4.33 Å². The fraction of sp³-hybridized carbons (Fsp3) is 0.500. The highest BCUT2D eigenvalue weighted by molar-refractivity contribution is 8.00. The van der Waals surface area contributed by atoms with Crippen LogP contribution in [-0.4, -0.2) is 21.7 Å². The van der Waals surface area contributed by atoms with Crippen LogP contribution in [0.2, 0.25) is 0 Å². The first kappa shape index (κ1) is 15.0. The SMILES string of the molecule is Cc1ccc(C)c(NC(=O)CSCC2CC2(Cl)Cl)c1. The van der Waals surface area contributed by atoms with Crippen LogP contribution in [-0.2, 0) is 4.79 Å². The molecule has 1 atom stereocenters. The van der Waals surface area contributed by atoms with Crippen molar-refractivity contribution in [3.05, 3.63) is 29.3 Å². The summed E-state index contributed by atoms with van der Waals surface area (Å²) in [5.41, 5.74) is 3.10. The Labute approximate surface area is 128 Å². The van der Waals surface area contributed by atoms with E-state index in [9.17, 15) is 4.79 Å². The summed E-state index contributed by atoms with van der Waals surface area (Å²) in [6.07, 6.45) is 0.835. The molecule has 0 heterocycles. The summed E-state index contributed by atoms with van der Waals surface area (Å²) in [6, 6.07) is 6.03. The number of anilines is 1. The summed E-state index contributed by atoms with van der Waals surface area (Å²) < 4.78 is -0.545. The van der Waals surface area contributed by atoms with Gasteiger partial charge in [-0.05, 0) is 43.2 Å². The molecule has 2 rings (SSSR count). The molecule has 19 heavy (non-hydrogen) atoms. The standard InChI is InChI=1S/C14H17Cl2NOS/c1-9-3-4-10(2)12(5-9)17-13(18)8-19-7-11-6-14(11,15)16/h3-5,11H,6-8H2,1-2H3,(H,17,18). The number of carbonyl (C=O) groups excluding carboxylic acids is 1. The second-order valence-corrected chi connectivity index (χ2v) is 7.62. The van der Waals surface area contributed by atoms with E-state index in [4.69, 9.17) is 23.2 Å². The topological polar surface area (TPSA) is 29.1 Å². The maximum Gasteiger partial charge on any atom is 0.234 e. The third-order valence-electron chi connectivity index (χ3n) is 3.18.